The third kappa shape index (κ3) is 3.18. The Labute approximate surface area is 151 Å². The first-order valence-electron chi connectivity index (χ1n) is 8.53. The van der Waals surface area contributed by atoms with E-state index in [0.717, 1.165) is 11.1 Å². The summed E-state index contributed by atoms with van der Waals surface area (Å²) < 4.78 is 10.8. The molecule has 2 aromatic carbocycles. The highest BCUT2D eigenvalue weighted by Crippen LogP contribution is 2.31. The number of methoxy groups -OCH3 is 1. The Hall–Kier alpha value is -3.15. The molecule has 2 heterocycles. The quantitative estimate of drug-likeness (QED) is 0.708. The van der Waals surface area contributed by atoms with Crippen molar-refractivity contribution in [2.24, 2.45) is 0 Å². The van der Waals surface area contributed by atoms with Crippen molar-refractivity contribution in [3.63, 3.8) is 0 Å². The molecule has 1 fully saturated rings. The lowest BCUT2D eigenvalue weighted by atomic mass is 9.99. The van der Waals surface area contributed by atoms with Gasteiger partial charge in [-0.25, -0.2) is 0 Å². The minimum Gasteiger partial charge on any atom is -0.496 e. The van der Waals surface area contributed by atoms with E-state index in [-0.39, 0.29) is 11.8 Å². The molecule has 1 amide bonds. The zero-order valence-electron chi connectivity index (χ0n) is 14.5. The first kappa shape index (κ1) is 16.3. The molecule has 26 heavy (non-hydrogen) atoms. The van der Waals surface area contributed by atoms with E-state index >= 15 is 0 Å². The lowest BCUT2D eigenvalue weighted by Crippen LogP contribution is -2.49. The summed E-state index contributed by atoms with van der Waals surface area (Å²) in [6, 6.07) is 17.3. The molecule has 3 aromatic rings. The molecule has 6 nitrogen and oxygen atoms in total. The summed E-state index contributed by atoms with van der Waals surface area (Å²) in [4.78, 5) is 18.6. The van der Waals surface area contributed by atoms with Crippen molar-refractivity contribution in [3.05, 3.63) is 66.1 Å². The number of carbonyl (C=O) groups excluding carboxylic acids is 1. The Kier molecular flexibility index (Phi) is 4.39. The van der Waals surface area contributed by atoms with E-state index in [1.165, 1.54) is 0 Å². The number of hydrogen-bond acceptors (Lipinski definition) is 5. The van der Waals surface area contributed by atoms with Gasteiger partial charge in [0.15, 0.2) is 0 Å². The SMILES string of the molecule is COc1ccccc1-c1noc(C2CN(C(=O)Cc3ccccc3)C2)n1. The number of rotatable bonds is 5. The van der Waals surface area contributed by atoms with Gasteiger partial charge < -0.3 is 14.2 Å². The molecule has 0 radical (unpaired) electrons. The van der Waals surface area contributed by atoms with Crippen LogP contribution in [0.15, 0.2) is 59.1 Å². The number of benzene rings is 2. The molecule has 1 aliphatic heterocycles. The van der Waals surface area contributed by atoms with Crippen molar-refractivity contribution in [1.29, 1.82) is 0 Å². The second kappa shape index (κ2) is 7.00. The van der Waals surface area contributed by atoms with Gasteiger partial charge in [0.2, 0.25) is 17.6 Å². The first-order valence-corrected chi connectivity index (χ1v) is 8.53. The normalized spacial score (nSPS) is 14.1. The molecule has 0 bridgehead atoms. The van der Waals surface area contributed by atoms with Crippen LogP contribution >= 0.6 is 0 Å². The smallest absolute Gasteiger partial charge is 0.233 e. The van der Waals surface area contributed by atoms with Crippen LogP contribution in [0.4, 0.5) is 0 Å². The Bertz CT molecular complexity index is 901. The maximum atomic E-state index is 12.3. The monoisotopic (exact) mass is 349 g/mol. The molecular formula is C20H19N3O3. The number of carbonyl (C=O) groups is 1. The van der Waals surface area contributed by atoms with E-state index in [2.05, 4.69) is 10.1 Å². The molecular weight excluding hydrogens is 330 g/mol. The molecule has 0 unspecified atom stereocenters. The number of aromatic nitrogens is 2. The fourth-order valence-corrected chi connectivity index (χ4v) is 3.06. The maximum absolute atomic E-state index is 12.3. The molecule has 1 saturated heterocycles. The summed E-state index contributed by atoms with van der Waals surface area (Å²) in [6.07, 6.45) is 0.420. The number of likely N-dealkylation sites (tertiary alicyclic amines) is 1. The Morgan fingerprint density at radius 1 is 1.15 bits per heavy atom. The second-order valence-electron chi connectivity index (χ2n) is 6.31. The van der Waals surface area contributed by atoms with Crippen LogP contribution in [0.25, 0.3) is 11.4 Å². The highest BCUT2D eigenvalue weighted by molar-refractivity contribution is 5.79. The van der Waals surface area contributed by atoms with Crippen LogP contribution in [0, 0.1) is 0 Å². The zero-order chi connectivity index (χ0) is 17.9. The highest BCUT2D eigenvalue weighted by Gasteiger charge is 2.35. The van der Waals surface area contributed by atoms with Crippen LogP contribution in [0.1, 0.15) is 17.4 Å². The lowest BCUT2D eigenvalue weighted by Gasteiger charge is -2.37. The number of nitrogens with zero attached hydrogens (tertiary/aromatic N) is 3. The fourth-order valence-electron chi connectivity index (χ4n) is 3.06. The Morgan fingerprint density at radius 2 is 1.88 bits per heavy atom. The molecule has 0 spiro atoms. The summed E-state index contributed by atoms with van der Waals surface area (Å²) in [6.45, 7) is 1.22. The van der Waals surface area contributed by atoms with Crippen LogP contribution in [0.5, 0.6) is 5.75 Å². The number of amides is 1. The van der Waals surface area contributed by atoms with E-state index in [0.29, 0.717) is 37.0 Å². The average molecular weight is 349 g/mol. The molecule has 0 saturated carbocycles. The van der Waals surface area contributed by atoms with E-state index in [1.54, 1.807) is 7.11 Å². The minimum atomic E-state index is 0.0886. The van der Waals surface area contributed by atoms with E-state index < -0.39 is 0 Å². The minimum absolute atomic E-state index is 0.0886. The summed E-state index contributed by atoms with van der Waals surface area (Å²) in [5, 5.41) is 4.07. The largest absolute Gasteiger partial charge is 0.496 e. The van der Waals surface area contributed by atoms with Gasteiger partial charge in [-0.2, -0.15) is 4.98 Å². The number of hydrogen-bond donors (Lipinski definition) is 0. The summed E-state index contributed by atoms with van der Waals surface area (Å²) in [5.41, 5.74) is 1.82. The number of para-hydroxylation sites is 1. The van der Waals surface area contributed by atoms with Crippen LogP contribution in [0.3, 0.4) is 0 Å². The molecule has 0 N–H and O–H groups in total. The summed E-state index contributed by atoms with van der Waals surface area (Å²) in [7, 11) is 1.61. The predicted molar refractivity (Wildman–Crippen MR) is 95.8 cm³/mol. The van der Waals surface area contributed by atoms with Gasteiger partial charge in [0, 0.05) is 13.1 Å². The van der Waals surface area contributed by atoms with Gasteiger partial charge in [0.1, 0.15) is 5.75 Å². The third-order valence-corrected chi connectivity index (χ3v) is 4.57. The zero-order valence-corrected chi connectivity index (χ0v) is 14.5. The Morgan fingerprint density at radius 3 is 2.65 bits per heavy atom. The average Bonchev–Trinajstić information content (AvgIpc) is 3.10. The summed E-state index contributed by atoms with van der Waals surface area (Å²) in [5.74, 6) is 1.98. The molecule has 4 rings (SSSR count). The van der Waals surface area contributed by atoms with Crippen molar-refractivity contribution in [1.82, 2.24) is 15.0 Å². The van der Waals surface area contributed by atoms with Gasteiger partial charge in [-0.1, -0.05) is 47.6 Å². The molecule has 6 heteroatoms. The van der Waals surface area contributed by atoms with Crippen molar-refractivity contribution >= 4 is 5.91 Å². The molecule has 1 aliphatic rings. The van der Waals surface area contributed by atoms with Crippen molar-refractivity contribution < 1.29 is 14.1 Å². The fraction of sp³-hybridized carbons (Fsp3) is 0.250. The standard InChI is InChI=1S/C20H19N3O3/c1-25-17-10-6-5-9-16(17)19-21-20(26-22-19)15-12-23(13-15)18(24)11-14-7-3-2-4-8-14/h2-10,15H,11-13H2,1H3. The van der Waals surface area contributed by atoms with Gasteiger partial charge in [-0.3, -0.25) is 4.79 Å². The van der Waals surface area contributed by atoms with Crippen LogP contribution in [-0.2, 0) is 11.2 Å². The Balaban J connectivity index is 1.39. The highest BCUT2D eigenvalue weighted by atomic mass is 16.5. The first-order chi connectivity index (χ1) is 12.7. The van der Waals surface area contributed by atoms with E-state index in [1.807, 2.05) is 59.5 Å². The summed E-state index contributed by atoms with van der Waals surface area (Å²) >= 11 is 0. The topological polar surface area (TPSA) is 68.5 Å². The van der Waals surface area contributed by atoms with E-state index in [9.17, 15) is 4.79 Å². The van der Waals surface area contributed by atoms with Gasteiger partial charge in [-0.15, -0.1) is 0 Å². The van der Waals surface area contributed by atoms with Crippen LogP contribution in [-0.4, -0.2) is 41.1 Å². The van der Waals surface area contributed by atoms with Crippen molar-refractivity contribution in [2.75, 3.05) is 20.2 Å². The van der Waals surface area contributed by atoms with Crippen LogP contribution < -0.4 is 4.74 Å². The predicted octanol–water partition coefficient (Wildman–Crippen LogP) is 2.91. The van der Waals surface area contributed by atoms with Crippen LogP contribution in [0.2, 0.25) is 0 Å². The molecule has 1 aromatic heterocycles. The second-order valence-corrected chi connectivity index (χ2v) is 6.31. The molecule has 132 valence electrons. The van der Waals surface area contributed by atoms with Crippen molar-refractivity contribution in [2.45, 2.75) is 12.3 Å². The maximum Gasteiger partial charge on any atom is 0.233 e. The van der Waals surface area contributed by atoms with Gasteiger partial charge in [0.05, 0.1) is 25.0 Å². The lowest BCUT2D eigenvalue weighted by molar-refractivity contribution is -0.135. The number of ether oxygens (including phenoxy) is 1. The molecule has 0 atom stereocenters. The third-order valence-electron chi connectivity index (χ3n) is 4.57. The van der Waals surface area contributed by atoms with Crippen molar-refractivity contribution in [3.8, 4) is 17.1 Å². The van der Waals surface area contributed by atoms with E-state index in [4.69, 9.17) is 9.26 Å². The van der Waals surface area contributed by atoms with Gasteiger partial charge in [0.25, 0.3) is 0 Å². The van der Waals surface area contributed by atoms with Gasteiger partial charge >= 0.3 is 0 Å². The van der Waals surface area contributed by atoms with Gasteiger partial charge in [-0.05, 0) is 17.7 Å². The molecule has 0 aliphatic carbocycles.